The van der Waals surface area contributed by atoms with Gasteiger partial charge >= 0.3 is 0 Å². The van der Waals surface area contributed by atoms with Crippen molar-refractivity contribution in [3.63, 3.8) is 0 Å². The van der Waals surface area contributed by atoms with E-state index < -0.39 is 17.5 Å². The van der Waals surface area contributed by atoms with Gasteiger partial charge in [0.15, 0.2) is 17.5 Å². The molecule has 1 aromatic carbocycles. The molecule has 1 heterocycles. The van der Waals surface area contributed by atoms with E-state index in [9.17, 15) is 18.0 Å². The third kappa shape index (κ3) is 2.00. The minimum Gasteiger partial charge on any atom is -0.330 e. The minimum atomic E-state index is -1.56. The van der Waals surface area contributed by atoms with Gasteiger partial charge in [0.1, 0.15) is 0 Å². The molecule has 1 unspecified atom stereocenters. The number of anilines is 1. The summed E-state index contributed by atoms with van der Waals surface area (Å²) in [7, 11) is 0. The van der Waals surface area contributed by atoms with Crippen LogP contribution in [-0.2, 0) is 4.79 Å². The number of amides is 1. The van der Waals surface area contributed by atoms with E-state index >= 15 is 0 Å². The lowest BCUT2D eigenvalue weighted by Gasteiger charge is -2.17. The average Bonchev–Trinajstić information content (AvgIpc) is 2.68. The molecule has 6 heteroatoms. The summed E-state index contributed by atoms with van der Waals surface area (Å²) in [5.41, 5.74) is 5.19. The molecule has 0 saturated carbocycles. The van der Waals surface area contributed by atoms with Crippen molar-refractivity contribution in [2.75, 3.05) is 18.0 Å². The fourth-order valence-corrected chi connectivity index (χ4v) is 1.90. The highest BCUT2D eigenvalue weighted by Crippen LogP contribution is 2.29. The van der Waals surface area contributed by atoms with E-state index in [0.717, 1.165) is 17.0 Å². The van der Waals surface area contributed by atoms with E-state index in [0.29, 0.717) is 6.54 Å². The standard InChI is InChI=1S/C11H11F3N2O/c12-7-1-2-8(11(14)10(7)13)16-5-6(4-15)3-9(16)17/h1-2,6H,3-5,15H2. The second-order valence-electron chi connectivity index (χ2n) is 4.00. The highest BCUT2D eigenvalue weighted by atomic mass is 19.2. The lowest BCUT2D eigenvalue weighted by molar-refractivity contribution is -0.117. The predicted octanol–water partition coefficient (Wildman–Crippen LogP) is 1.42. The van der Waals surface area contributed by atoms with Crippen LogP contribution in [0.4, 0.5) is 18.9 Å². The Hall–Kier alpha value is -1.56. The number of benzene rings is 1. The first-order chi connectivity index (χ1) is 8.04. The largest absolute Gasteiger partial charge is 0.330 e. The number of nitrogens with two attached hydrogens (primary N) is 1. The second-order valence-corrected chi connectivity index (χ2v) is 4.00. The average molecular weight is 244 g/mol. The Morgan fingerprint density at radius 2 is 2.00 bits per heavy atom. The normalized spacial score (nSPS) is 20.1. The molecule has 2 rings (SSSR count). The van der Waals surface area contributed by atoms with Crippen LogP contribution in [0, 0.1) is 23.4 Å². The number of hydrogen-bond acceptors (Lipinski definition) is 2. The summed E-state index contributed by atoms with van der Waals surface area (Å²) in [6, 6.07) is 1.86. The van der Waals surface area contributed by atoms with Gasteiger partial charge in [-0.05, 0) is 24.6 Å². The van der Waals surface area contributed by atoms with E-state index in [1.54, 1.807) is 0 Å². The van der Waals surface area contributed by atoms with E-state index in [4.69, 9.17) is 5.73 Å². The molecular weight excluding hydrogens is 233 g/mol. The first kappa shape index (κ1) is 11.9. The molecule has 1 atom stereocenters. The summed E-state index contributed by atoms with van der Waals surface area (Å²) < 4.78 is 39.3. The smallest absolute Gasteiger partial charge is 0.227 e. The molecule has 1 amide bonds. The fourth-order valence-electron chi connectivity index (χ4n) is 1.90. The lowest BCUT2D eigenvalue weighted by atomic mass is 10.1. The zero-order chi connectivity index (χ0) is 12.6. The maximum absolute atomic E-state index is 13.5. The van der Waals surface area contributed by atoms with Gasteiger partial charge < -0.3 is 10.6 Å². The molecule has 0 bridgehead atoms. The Balaban J connectivity index is 2.35. The summed E-state index contributed by atoms with van der Waals surface area (Å²) in [6.07, 6.45) is 0.203. The topological polar surface area (TPSA) is 46.3 Å². The molecule has 1 saturated heterocycles. The molecule has 0 aliphatic carbocycles. The Labute approximate surface area is 96.0 Å². The van der Waals surface area contributed by atoms with Gasteiger partial charge in [0, 0.05) is 13.0 Å². The molecule has 1 aliphatic heterocycles. The molecule has 2 N–H and O–H groups in total. The fraction of sp³-hybridized carbons (Fsp3) is 0.364. The molecule has 3 nitrogen and oxygen atoms in total. The van der Waals surface area contributed by atoms with Gasteiger partial charge in [0.05, 0.1) is 5.69 Å². The van der Waals surface area contributed by atoms with E-state index in [1.165, 1.54) is 0 Å². The number of hydrogen-bond donors (Lipinski definition) is 1. The zero-order valence-electron chi connectivity index (χ0n) is 8.92. The van der Waals surface area contributed by atoms with Crippen molar-refractivity contribution in [1.82, 2.24) is 0 Å². The summed E-state index contributed by atoms with van der Waals surface area (Å²) in [5, 5.41) is 0. The van der Waals surface area contributed by atoms with Crippen LogP contribution in [0.1, 0.15) is 6.42 Å². The first-order valence-electron chi connectivity index (χ1n) is 5.18. The summed E-state index contributed by atoms with van der Waals surface area (Å²) in [5.74, 6) is -4.57. The molecule has 1 fully saturated rings. The number of rotatable bonds is 2. The van der Waals surface area contributed by atoms with Gasteiger partial charge in [0.2, 0.25) is 5.91 Å². The summed E-state index contributed by atoms with van der Waals surface area (Å²) >= 11 is 0. The molecule has 0 radical (unpaired) electrons. The predicted molar refractivity (Wildman–Crippen MR) is 55.8 cm³/mol. The summed E-state index contributed by atoms with van der Waals surface area (Å²) in [6.45, 7) is 0.533. The van der Waals surface area contributed by atoms with Crippen molar-refractivity contribution in [3.05, 3.63) is 29.6 Å². The molecular formula is C11H11F3N2O. The van der Waals surface area contributed by atoms with Crippen LogP contribution in [0.3, 0.4) is 0 Å². The number of nitrogens with zero attached hydrogens (tertiary/aromatic N) is 1. The molecule has 0 aromatic heterocycles. The van der Waals surface area contributed by atoms with Crippen LogP contribution in [0.25, 0.3) is 0 Å². The van der Waals surface area contributed by atoms with Crippen LogP contribution in [0.15, 0.2) is 12.1 Å². The Bertz CT molecular complexity index is 464. The number of carbonyl (C=O) groups excluding carboxylic acids is 1. The van der Waals surface area contributed by atoms with Gasteiger partial charge in [-0.25, -0.2) is 13.2 Å². The zero-order valence-corrected chi connectivity index (χ0v) is 8.92. The Morgan fingerprint density at radius 1 is 1.29 bits per heavy atom. The quantitative estimate of drug-likeness (QED) is 0.800. The van der Waals surface area contributed by atoms with E-state index in [-0.39, 0.29) is 30.5 Å². The van der Waals surface area contributed by atoms with E-state index in [2.05, 4.69) is 0 Å². The van der Waals surface area contributed by atoms with Gasteiger partial charge in [0.25, 0.3) is 0 Å². The number of halogens is 3. The highest BCUT2D eigenvalue weighted by molar-refractivity contribution is 5.95. The summed E-state index contributed by atoms with van der Waals surface area (Å²) in [4.78, 5) is 12.7. The molecule has 1 aromatic rings. The maximum Gasteiger partial charge on any atom is 0.227 e. The SMILES string of the molecule is NCC1CC(=O)N(c2ccc(F)c(F)c2F)C1. The third-order valence-electron chi connectivity index (χ3n) is 2.84. The van der Waals surface area contributed by atoms with Crippen molar-refractivity contribution in [2.45, 2.75) is 6.42 Å². The van der Waals surface area contributed by atoms with Crippen molar-refractivity contribution >= 4 is 11.6 Å². The van der Waals surface area contributed by atoms with Gasteiger partial charge in [-0.1, -0.05) is 0 Å². The van der Waals surface area contributed by atoms with Crippen molar-refractivity contribution in [3.8, 4) is 0 Å². The van der Waals surface area contributed by atoms with Gasteiger partial charge in [-0.15, -0.1) is 0 Å². The van der Waals surface area contributed by atoms with Crippen molar-refractivity contribution < 1.29 is 18.0 Å². The van der Waals surface area contributed by atoms with Crippen molar-refractivity contribution in [2.24, 2.45) is 11.7 Å². The van der Waals surface area contributed by atoms with Crippen LogP contribution in [-0.4, -0.2) is 19.0 Å². The first-order valence-corrected chi connectivity index (χ1v) is 5.18. The van der Waals surface area contributed by atoms with Gasteiger partial charge in [-0.2, -0.15) is 0 Å². The molecule has 0 spiro atoms. The molecule has 17 heavy (non-hydrogen) atoms. The number of carbonyl (C=O) groups is 1. The van der Waals surface area contributed by atoms with Gasteiger partial charge in [-0.3, -0.25) is 4.79 Å². The Kier molecular flexibility index (Phi) is 3.06. The minimum absolute atomic E-state index is 0.0741. The Morgan fingerprint density at radius 3 is 2.59 bits per heavy atom. The highest BCUT2D eigenvalue weighted by Gasteiger charge is 2.32. The van der Waals surface area contributed by atoms with Crippen LogP contribution in [0.2, 0.25) is 0 Å². The monoisotopic (exact) mass is 244 g/mol. The molecule has 1 aliphatic rings. The lowest BCUT2D eigenvalue weighted by Crippen LogP contribution is -2.27. The van der Waals surface area contributed by atoms with Crippen LogP contribution >= 0.6 is 0 Å². The second kappa shape index (κ2) is 4.37. The molecule has 92 valence electrons. The van der Waals surface area contributed by atoms with Crippen LogP contribution < -0.4 is 10.6 Å². The maximum atomic E-state index is 13.5. The third-order valence-corrected chi connectivity index (χ3v) is 2.84. The van der Waals surface area contributed by atoms with Crippen LogP contribution in [0.5, 0.6) is 0 Å². The van der Waals surface area contributed by atoms with E-state index in [1.807, 2.05) is 0 Å². The van der Waals surface area contributed by atoms with Crippen molar-refractivity contribution in [1.29, 1.82) is 0 Å².